The topological polar surface area (TPSA) is 73.1 Å². The van der Waals surface area contributed by atoms with Crippen LogP contribution < -0.4 is 10.5 Å². The molecule has 1 spiro atoms. The minimum Gasteiger partial charge on any atom is -0.367 e. The molecule has 1 aliphatic carbocycles. The Labute approximate surface area is 206 Å². The van der Waals surface area contributed by atoms with E-state index in [-0.39, 0.29) is 32.9 Å². The van der Waals surface area contributed by atoms with E-state index in [4.69, 9.17) is 21.3 Å². The van der Waals surface area contributed by atoms with Crippen molar-refractivity contribution in [1.29, 1.82) is 0 Å². The molecule has 1 unspecified atom stereocenters. The standard InChI is InChI=1S/C26H23ClFN5O2/c1-15-29-22-21(18-8-7-17(27)13-20(18)28)30-25(31-23(22)24(34)32(15)2)33-11-12-35-26(14-33)10-9-16-5-3-4-6-19(16)26/h3-8,13H,9-12,14H2,1-2H3. The third-order valence-corrected chi connectivity index (χ3v) is 7.33. The highest BCUT2D eigenvalue weighted by molar-refractivity contribution is 6.30. The number of hydrogen-bond donors (Lipinski definition) is 0. The normalized spacial score (nSPS) is 19.5. The van der Waals surface area contributed by atoms with E-state index >= 15 is 4.39 Å². The Balaban J connectivity index is 1.53. The van der Waals surface area contributed by atoms with Crippen molar-refractivity contribution in [2.24, 2.45) is 7.05 Å². The van der Waals surface area contributed by atoms with Crippen LogP contribution in [0.25, 0.3) is 22.3 Å². The van der Waals surface area contributed by atoms with E-state index in [0.29, 0.717) is 31.5 Å². The predicted octanol–water partition coefficient (Wildman–Crippen LogP) is 4.17. The lowest BCUT2D eigenvalue weighted by atomic mass is 9.94. The zero-order valence-corrected chi connectivity index (χ0v) is 20.1. The van der Waals surface area contributed by atoms with Gasteiger partial charge < -0.3 is 9.64 Å². The second-order valence-electron chi connectivity index (χ2n) is 9.14. The molecule has 7 nitrogen and oxygen atoms in total. The average Bonchev–Trinajstić information content (AvgIpc) is 3.20. The molecule has 3 heterocycles. The van der Waals surface area contributed by atoms with Crippen LogP contribution in [0.3, 0.4) is 0 Å². The highest BCUT2D eigenvalue weighted by Crippen LogP contribution is 2.43. The zero-order valence-electron chi connectivity index (χ0n) is 19.4. The SMILES string of the molecule is Cc1nc2c(-c3ccc(Cl)cc3F)nc(N3CCOC4(CCc5ccccc54)C3)nc2c(=O)n1C. The second-order valence-corrected chi connectivity index (χ2v) is 9.57. The molecule has 2 aromatic heterocycles. The molecular weight excluding hydrogens is 469 g/mol. The summed E-state index contributed by atoms with van der Waals surface area (Å²) in [5, 5.41) is 0.278. The lowest BCUT2D eigenvalue weighted by Crippen LogP contribution is -2.49. The fourth-order valence-electron chi connectivity index (χ4n) is 5.17. The molecule has 4 aromatic rings. The summed E-state index contributed by atoms with van der Waals surface area (Å²) in [5.41, 5.74) is 2.61. The van der Waals surface area contributed by atoms with Gasteiger partial charge >= 0.3 is 0 Å². The Bertz CT molecular complexity index is 1550. The molecular formula is C26H23ClFN5O2. The van der Waals surface area contributed by atoms with Crippen LogP contribution in [0.2, 0.25) is 5.02 Å². The fourth-order valence-corrected chi connectivity index (χ4v) is 5.33. The van der Waals surface area contributed by atoms with Gasteiger partial charge in [-0.1, -0.05) is 35.9 Å². The molecule has 1 atom stereocenters. The summed E-state index contributed by atoms with van der Waals surface area (Å²) in [6.45, 7) is 3.31. The lowest BCUT2D eigenvalue weighted by Gasteiger charge is -2.41. The number of morpholine rings is 1. The molecule has 2 aromatic carbocycles. The molecule has 0 saturated carbocycles. The third kappa shape index (κ3) is 3.51. The minimum absolute atomic E-state index is 0.153. The Morgan fingerprint density at radius 1 is 1.11 bits per heavy atom. The average molecular weight is 492 g/mol. The summed E-state index contributed by atoms with van der Waals surface area (Å²) in [5.74, 6) is 0.311. The molecule has 1 saturated heterocycles. The highest BCUT2D eigenvalue weighted by Gasteiger charge is 2.44. The predicted molar refractivity (Wildman–Crippen MR) is 132 cm³/mol. The first-order valence-electron chi connectivity index (χ1n) is 11.5. The van der Waals surface area contributed by atoms with Crippen molar-refractivity contribution < 1.29 is 9.13 Å². The molecule has 178 valence electrons. The molecule has 6 rings (SSSR count). The zero-order chi connectivity index (χ0) is 24.3. The molecule has 9 heteroatoms. The van der Waals surface area contributed by atoms with Gasteiger partial charge in [-0.25, -0.2) is 19.3 Å². The van der Waals surface area contributed by atoms with Gasteiger partial charge in [0.15, 0.2) is 5.52 Å². The molecule has 1 aliphatic heterocycles. The second kappa shape index (κ2) is 8.10. The molecule has 0 radical (unpaired) electrons. The van der Waals surface area contributed by atoms with Crippen LogP contribution in [0.1, 0.15) is 23.4 Å². The lowest BCUT2D eigenvalue weighted by molar-refractivity contribution is -0.0596. The van der Waals surface area contributed by atoms with Crippen LogP contribution in [0.5, 0.6) is 0 Å². The van der Waals surface area contributed by atoms with Gasteiger partial charge in [-0.2, -0.15) is 0 Å². The van der Waals surface area contributed by atoms with E-state index in [9.17, 15) is 4.79 Å². The van der Waals surface area contributed by atoms with E-state index in [1.54, 1.807) is 26.1 Å². The Hall–Kier alpha value is -3.36. The van der Waals surface area contributed by atoms with E-state index in [2.05, 4.69) is 22.1 Å². The number of fused-ring (bicyclic) bond motifs is 3. The van der Waals surface area contributed by atoms with E-state index in [0.717, 1.165) is 12.8 Å². The van der Waals surface area contributed by atoms with Crippen molar-refractivity contribution in [1.82, 2.24) is 19.5 Å². The largest absolute Gasteiger partial charge is 0.367 e. The Morgan fingerprint density at radius 2 is 1.94 bits per heavy atom. The summed E-state index contributed by atoms with van der Waals surface area (Å²) in [7, 11) is 1.65. The molecule has 35 heavy (non-hydrogen) atoms. The summed E-state index contributed by atoms with van der Waals surface area (Å²) in [4.78, 5) is 29.2. The highest BCUT2D eigenvalue weighted by atomic mass is 35.5. The number of aromatic nitrogens is 4. The monoisotopic (exact) mass is 491 g/mol. The van der Waals surface area contributed by atoms with Gasteiger partial charge in [0, 0.05) is 24.2 Å². The summed E-state index contributed by atoms with van der Waals surface area (Å²) < 4.78 is 22.8. The molecule has 2 aliphatic rings. The first-order valence-corrected chi connectivity index (χ1v) is 11.9. The Morgan fingerprint density at radius 3 is 2.77 bits per heavy atom. The minimum atomic E-state index is -0.535. The summed E-state index contributed by atoms with van der Waals surface area (Å²) >= 11 is 5.99. The maximum atomic E-state index is 15.0. The van der Waals surface area contributed by atoms with Crippen molar-refractivity contribution in [2.45, 2.75) is 25.4 Å². The van der Waals surface area contributed by atoms with Gasteiger partial charge in [-0.05, 0) is 49.1 Å². The van der Waals surface area contributed by atoms with Gasteiger partial charge in [0.1, 0.15) is 28.5 Å². The van der Waals surface area contributed by atoms with Crippen molar-refractivity contribution >= 4 is 28.6 Å². The van der Waals surface area contributed by atoms with Crippen LogP contribution in [0.4, 0.5) is 10.3 Å². The smallest absolute Gasteiger partial charge is 0.279 e. The molecule has 0 bridgehead atoms. The van der Waals surface area contributed by atoms with Crippen LogP contribution in [0, 0.1) is 12.7 Å². The number of benzene rings is 2. The van der Waals surface area contributed by atoms with Crippen LogP contribution in [0.15, 0.2) is 47.3 Å². The third-order valence-electron chi connectivity index (χ3n) is 7.10. The van der Waals surface area contributed by atoms with Crippen molar-refractivity contribution in [3.63, 3.8) is 0 Å². The van der Waals surface area contributed by atoms with Crippen molar-refractivity contribution in [3.8, 4) is 11.3 Å². The number of hydrogen-bond acceptors (Lipinski definition) is 6. The maximum absolute atomic E-state index is 15.0. The van der Waals surface area contributed by atoms with Gasteiger partial charge in [0.25, 0.3) is 5.56 Å². The maximum Gasteiger partial charge on any atom is 0.279 e. The van der Waals surface area contributed by atoms with Crippen molar-refractivity contribution in [3.05, 3.63) is 80.6 Å². The van der Waals surface area contributed by atoms with Gasteiger partial charge in [0.2, 0.25) is 5.95 Å². The number of aryl methyl sites for hydroxylation is 2. The summed E-state index contributed by atoms with van der Waals surface area (Å²) in [6, 6.07) is 12.7. The van der Waals surface area contributed by atoms with E-state index in [1.165, 1.54) is 21.8 Å². The number of halogens is 2. The first kappa shape index (κ1) is 22.1. The van der Waals surface area contributed by atoms with E-state index < -0.39 is 11.4 Å². The molecule has 1 fully saturated rings. The molecule has 0 N–H and O–H groups in total. The molecule has 0 amide bonds. The first-order chi connectivity index (χ1) is 16.9. The fraction of sp³-hybridized carbons (Fsp3) is 0.308. The van der Waals surface area contributed by atoms with Crippen LogP contribution in [-0.4, -0.2) is 39.2 Å². The number of ether oxygens (including phenoxy) is 1. The van der Waals surface area contributed by atoms with Gasteiger partial charge in [-0.3, -0.25) is 9.36 Å². The number of rotatable bonds is 2. The van der Waals surface area contributed by atoms with Crippen molar-refractivity contribution in [2.75, 3.05) is 24.6 Å². The number of anilines is 1. The quantitative estimate of drug-likeness (QED) is 0.419. The Kier molecular flexibility index (Phi) is 5.12. The van der Waals surface area contributed by atoms with E-state index in [1.807, 2.05) is 17.0 Å². The number of nitrogens with zero attached hydrogens (tertiary/aromatic N) is 5. The van der Waals surface area contributed by atoms with Crippen LogP contribution in [-0.2, 0) is 23.8 Å². The summed E-state index contributed by atoms with van der Waals surface area (Å²) in [6.07, 6.45) is 1.80. The van der Waals surface area contributed by atoms with Gasteiger partial charge in [0.05, 0.1) is 13.2 Å². The van der Waals surface area contributed by atoms with Crippen LogP contribution >= 0.6 is 11.6 Å². The van der Waals surface area contributed by atoms with Gasteiger partial charge in [-0.15, -0.1) is 0 Å².